The first-order valence-electron chi connectivity index (χ1n) is 6.55. The number of carbonyl (C=O) groups is 3. The fourth-order valence-electron chi connectivity index (χ4n) is 1.69. The first-order chi connectivity index (χ1) is 12.5. The van der Waals surface area contributed by atoms with Crippen LogP contribution in [-0.2, 0) is 0 Å². The van der Waals surface area contributed by atoms with Gasteiger partial charge in [-0.15, -0.1) is 0 Å². The summed E-state index contributed by atoms with van der Waals surface area (Å²) in [6.07, 6.45) is 0. The van der Waals surface area contributed by atoms with Crippen LogP contribution in [0, 0.1) is 29.1 Å². The van der Waals surface area contributed by atoms with Gasteiger partial charge in [-0.1, -0.05) is 12.1 Å². The third-order valence-corrected chi connectivity index (χ3v) is 7.28. The third-order valence-electron chi connectivity index (χ3n) is 2.82. The quantitative estimate of drug-likeness (QED) is 0.279. The van der Waals surface area contributed by atoms with Crippen LogP contribution in [0.4, 0.5) is 36.3 Å². The summed E-state index contributed by atoms with van der Waals surface area (Å²) in [6.45, 7) is 0. The van der Waals surface area contributed by atoms with Gasteiger partial charge < -0.3 is 0 Å². The van der Waals surface area contributed by atoms with Crippen molar-refractivity contribution in [1.82, 2.24) is 0 Å². The van der Waals surface area contributed by atoms with Crippen molar-refractivity contribution in [1.29, 1.82) is 0 Å². The first kappa shape index (κ1) is 22.4. The molecule has 0 aliphatic carbocycles. The SMILES string of the molecule is Fc1ccc(-c2c(F)c(F)cc(F)c2F)cc1.O=[C](O)[Bi]([C](=O)O)[C](=O)O. The Morgan fingerprint density at radius 3 is 1.37 bits per heavy atom. The Balaban J connectivity index is 0.000000314. The Morgan fingerprint density at radius 2 is 1.07 bits per heavy atom. The van der Waals surface area contributed by atoms with Gasteiger partial charge in [-0.05, 0) is 17.7 Å². The molecule has 0 fully saturated rings. The van der Waals surface area contributed by atoms with E-state index in [4.69, 9.17) is 15.3 Å². The van der Waals surface area contributed by atoms with E-state index in [0.29, 0.717) is 0 Å². The number of halogens is 5. The van der Waals surface area contributed by atoms with Gasteiger partial charge in [0.2, 0.25) is 0 Å². The standard InChI is InChI=1S/C12H5F5.3CHO2.Bi/c13-7-3-1-6(2-4-7)10-11(16)8(14)5-9(15)12(10)17;3*2-1-3;/h1-5H;3*(H,2,3);. The van der Waals surface area contributed by atoms with Crippen LogP contribution in [0.5, 0.6) is 0 Å². The van der Waals surface area contributed by atoms with Crippen LogP contribution in [0.15, 0.2) is 30.3 Å². The molecule has 0 amide bonds. The van der Waals surface area contributed by atoms with Crippen molar-refractivity contribution < 1.29 is 51.7 Å². The van der Waals surface area contributed by atoms with Gasteiger partial charge in [0, 0.05) is 6.07 Å². The summed E-state index contributed by atoms with van der Waals surface area (Å²) in [7, 11) is 0. The summed E-state index contributed by atoms with van der Waals surface area (Å²) in [5.74, 6) is -6.62. The molecule has 0 heterocycles. The minimum absolute atomic E-state index is 0.123. The number of benzene rings is 2. The zero-order valence-electron chi connectivity index (χ0n) is 12.8. The fraction of sp³-hybridized carbons (Fsp3) is 0. The molecular formula is C15H8BiF5O6. The van der Waals surface area contributed by atoms with Crippen LogP contribution in [0.2, 0.25) is 0 Å². The number of carboxylic acid groups (broad SMARTS) is 3. The van der Waals surface area contributed by atoms with Crippen molar-refractivity contribution in [3.05, 3.63) is 59.4 Å². The fourth-order valence-corrected chi connectivity index (χ4v) is 3.60. The predicted octanol–water partition coefficient (Wildman–Crippen LogP) is 4.31. The van der Waals surface area contributed by atoms with Crippen LogP contribution in [0.1, 0.15) is 0 Å². The van der Waals surface area contributed by atoms with Gasteiger partial charge in [-0.25, -0.2) is 22.0 Å². The molecule has 0 saturated carbocycles. The molecule has 12 heteroatoms. The summed E-state index contributed by atoms with van der Waals surface area (Å²) in [4.78, 5) is 29.7. The Labute approximate surface area is 155 Å². The molecule has 0 saturated heterocycles. The summed E-state index contributed by atoms with van der Waals surface area (Å²) in [6, 6.07) is 4.08. The number of hydrogen-bond acceptors (Lipinski definition) is 3. The average molecular weight is 588 g/mol. The molecule has 0 atom stereocenters. The predicted molar refractivity (Wildman–Crippen MR) is 81.5 cm³/mol. The minimum atomic E-state index is -4.33. The Bertz CT molecular complexity index is 828. The van der Waals surface area contributed by atoms with Gasteiger partial charge >= 0.3 is 62.5 Å². The molecule has 144 valence electrons. The number of rotatable bonds is 4. The monoisotopic (exact) mass is 588 g/mol. The molecule has 0 spiro atoms. The maximum atomic E-state index is 13.4. The summed E-state index contributed by atoms with van der Waals surface area (Å²) >= 11 is -4.33. The Hall–Kier alpha value is -2.62. The molecule has 0 aliphatic heterocycles. The average Bonchev–Trinajstić information content (AvgIpc) is 2.54. The topological polar surface area (TPSA) is 112 Å². The van der Waals surface area contributed by atoms with E-state index in [1.807, 2.05) is 0 Å². The summed E-state index contributed by atoms with van der Waals surface area (Å²) < 4.78 is 60.2. The van der Waals surface area contributed by atoms with E-state index < -0.39 is 67.4 Å². The molecule has 2 aromatic carbocycles. The van der Waals surface area contributed by atoms with E-state index in [1.54, 1.807) is 0 Å². The van der Waals surface area contributed by atoms with Crippen molar-refractivity contribution in [3.63, 3.8) is 0 Å². The molecular weight excluding hydrogens is 580 g/mol. The summed E-state index contributed by atoms with van der Waals surface area (Å²) in [5, 5.41) is 24.1. The second-order valence-electron chi connectivity index (χ2n) is 4.53. The molecule has 0 aromatic heterocycles. The van der Waals surface area contributed by atoms with Crippen molar-refractivity contribution in [2.75, 3.05) is 0 Å². The van der Waals surface area contributed by atoms with Crippen molar-refractivity contribution in [2.45, 2.75) is 0 Å². The van der Waals surface area contributed by atoms with Crippen molar-refractivity contribution in [3.8, 4) is 11.1 Å². The maximum absolute atomic E-state index is 13.4. The van der Waals surface area contributed by atoms with Crippen LogP contribution in [-0.4, -0.2) is 48.1 Å². The van der Waals surface area contributed by atoms with E-state index in [0.717, 1.165) is 24.3 Å². The normalized spacial score (nSPS) is 10.1. The molecule has 3 N–H and O–H groups in total. The Morgan fingerprint density at radius 1 is 0.704 bits per heavy atom. The van der Waals surface area contributed by atoms with E-state index in [9.17, 15) is 36.3 Å². The summed E-state index contributed by atoms with van der Waals surface area (Å²) in [5.41, 5.74) is -0.984. The van der Waals surface area contributed by atoms with Crippen LogP contribution < -0.4 is 0 Å². The molecule has 0 bridgehead atoms. The van der Waals surface area contributed by atoms with Gasteiger partial charge in [0.1, 0.15) is 5.82 Å². The first-order valence-corrected chi connectivity index (χ1v) is 11.8. The van der Waals surface area contributed by atoms with Crippen molar-refractivity contribution >= 4 is 32.8 Å². The zero-order valence-corrected chi connectivity index (χ0v) is 16.3. The van der Waals surface area contributed by atoms with Crippen LogP contribution in [0.25, 0.3) is 11.1 Å². The number of hydrogen-bond donors (Lipinski definition) is 3. The molecule has 0 aliphatic rings. The second kappa shape index (κ2) is 9.36. The van der Waals surface area contributed by atoms with E-state index in [-0.39, 0.29) is 11.6 Å². The van der Waals surface area contributed by atoms with Gasteiger partial charge in [0.05, 0.1) is 5.56 Å². The molecule has 0 radical (unpaired) electrons. The van der Waals surface area contributed by atoms with Gasteiger partial charge in [-0.3, -0.25) is 0 Å². The third kappa shape index (κ3) is 5.68. The van der Waals surface area contributed by atoms with E-state index in [1.165, 1.54) is 0 Å². The molecule has 6 nitrogen and oxygen atoms in total. The second-order valence-corrected chi connectivity index (χ2v) is 11.6. The molecule has 2 aromatic rings. The van der Waals surface area contributed by atoms with Crippen LogP contribution >= 0.6 is 0 Å². The van der Waals surface area contributed by atoms with Crippen molar-refractivity contribution in [2.24, 2.45) is 0 Å². The Kier molecular flexibility index (Phi) is 7.77. The van der Waals surface area contributed by atoms with Crippen LogP contribution in [0.3, 0.4) is 0 Å². The zero-order chi connectivity index (χ0) is 20.9. The van der Waals surface area contributed by atoms with Gasteiger partial charge in [-0.2, -0.15) is 0 Å². The molecule has 2 rings (SSSR count). The van der Waals surface area contributed by atoms with Gasteiger partial charge in [0.15, 0.2) is 23.3 Å². The van der Waals surface area contributed by atoms with Gasteiger partial charge in [0.25, 0.3) is 0 Å². The van der Waals surface area contributed by atoms with E-state index in [2.05, 4.69) is 0 Å². The molecule has 27 heavy (non-hydrogen) atoms. The molecule has 0 unspecified atom stereocenters. The van der Waals surface area contributed by atoms with E-state index >= 15 is 0 Å².